The van der Waals surface area contributed by atoms with Crippen molar-refractivity contribution in [3.05, 3.63) is 150 Å². The van der Waals surface area contributed by atoms with Crippen molar-refractivity contribution in [3.63, 3.8) is 0 Å². The zero-order chi connectivity index (χ0) is 39.3. The maximum atomic E-state index is 13.2. The van der Waals surface area contributed by atoms with Crippen molar-refractivity contribution in [1.29, 1.82) is 0 Å². The van der Waals surface area contributed by atoms with E-state index in [1.54, 1.807) is 66.0 Å². The van der Waals surface area contributed by atoms with Crippen LogP contribution >= 0.6 is 23.5 Å². The molecule has 8 nitrogen and oxygen atoms in total. The lowest BCUT2D eigenvalue weighted by Gasteiger charge is -2.10. The van der Waals surface area contributed by atoms with Gasteiger partial charge < -0.3 is 19.5 Å². The van der Waals surface area contributed by atoms with E-state index >= 15 is 0 Å². The molecule has 0 aromatic heterocycles. The summed E-state index contributed by atoms with van der Waals surface area (Å²) in [6.45, 7) is 7.55. The van der Waals surface area contributed by atoms with E-state index in [9.17, 15) is 19.2 Å². The fourth-order valence-corrected chi connectivity index (χ4v) is 6.54. The minimum absolute atomic E-state index is 0.187. The number of unbranched alkanes of at least 4 members (excludes halogenated alkanes) is 2. The van der Waals surface area contributed by atoms with E-state index in [2.05, 4.69) is 42.2 Å². The zero-order valence-corrected chi connectivity index (χ0v) is 32.2. The molecule has 1 amide bonds. The summed E-state index contributed by atoms with van der Waals surface area (Å²) >= 11 is 3.45. The molecule has 0 fully saturated rings. The highest BCUT2D eigenvalue weighted by molar-refractivity contribution is 7.99. The number of amides is 1. The molecule has 4 rings (SSSR count). The van der Waals surface area contributed by atoms with Crippen LogP contribution in [-0.4, -0.2) is 55.6 Å². The van der Waals surface area contributed by atoms with Crippen LogP contribution in [0.1, 0.15) is 68.7 Å². The molecule has 1 N–H and O–H groups in total. The van der Waals surface area contributed by atoms with E-state index in [0.29, 0.717) is 30.0 Å². The normalized spacial score (nSPS) is 10.1. The van der Waals surface area contributed by atoms with Crippen molar-refractivity contribution in [2.75, 3.05) is 37.1 Å². The van der Waals surface area contributed by atoms with Gasteiger partial charge in [-0.1, -0.05) is 36.8 Å². The number of methoxy groups -OCH3 is 1. The highest BCUT2D eigenvalue weighted by Gasteiger charge is 2.16. The fourth-order valence-electron chi connectivity index (χ4n) is 4.72. The molecule has 0 aliphatic heterocycles. The van der Waals surface area contributed by atoms with Crippen LogP contribution in [0.25, 0.3) is 0 Å². The van der Waals surface area contributed by atoms with Crippen LogP contribution in [-0.2, 0) is 23.8 Å². The molecule has 55 heavy (non-hydrogen) atoms. The number of carbonyl (C=O) groups is 4. The van der Waals surface area contributed by atoms with Crippen molar-refractivity contribution in [3.8, 4) is 23.7 Å². The number of anilines is 1. The smallest absolute Gasteiger partial charge is 0.340 e. The minimum atomic E-state index is -0.597. The number of carbonyl (C=O) groups excluding carboxylic acids is 4. The molecule has 0 aliphatic carbocycles. The van der Waals surface area contributed by atoms with Crippen molar-refractivity contribution < 1.29 is 33.4 Å². The summed E-state index contributed by atoms with van der Waals surface area (Å²) in [5.74, 6) is 12.5. The molecule has 0 radical (unpaired) electrons. The Morgan fingerprint density at radius 1 is 0.618 bits per heavy atom. The van der Waals surface area contributed by atoms with Gasteiger partial charge in [-0.15, -0.1) is 23.5 Å². The third-order valence-corrected chi connectivity index (χ3v) is 9.86. The van der Waals surface area contributed by atoms with Crippen LogP contribution < -0.4 is 5.32 Å². The van der Waals surface area contributed by atoms with Gasteiger partial charge in [0.25, 0.3) is 5.91 Å². The Morgan fingerprint density at radius 3 is 1.51 bits per heavy atom. The number of nitrogens with one attached hydrogen (secondary N) is 1. The Bertz CT molecular complexity index is 2090. The molecular formula is C45H41NO7S2. The standard InChI is InChI=1S/C45H41NO7S2/c1-4-42(47)52-28-6-8-30-54-38-23-16-34(17-24-38)11-10-33-14-21-37(22-15-33)44(49)46-41-27-20-36(32-40(41)45(50)51-3)13-12-35-18-25-39(26-19-35)55-31-9-7-29-53-43(48)5-2/h4-5,14-27,32H,1-2,6-9,28-31H2,3H3,(H,46,49). The molecule has 0 saturated carbocycles. The predicted octanol–water partition coefficient (Wildman–Crippen LogP) is 8.73. The molecule has 0 aliphatic rings. The van der Waals surface area contributed by atoms with E-state index in [4.69, 9.17) is 14.2 Å². The molecule has 4 aromatic carbocycles. The maximum absolute atomic E-state index is 13.2. The van der Waals surface area contributed by atoms with Gasteiger partial charge in [0.1, 0.15) is 0 Å². The first kappa shape index (κ1) is 41.8. The zero-order valence-electron chi connectivity index (χ0n) is 30.6. The van der Waals surface area contributed by atoms with E-state index in [1.165, 1.54) is 13.2 Å². The number of thioether (sulfide) groups is 2. The van der Waals surface area contributed by atoms with Crippen molar-refractivity contribution in [2.45, 2.75) is 35.5 Å². The Balaban J connectivity index is 1.28. The summed E-state index contributed by atoms with van der Waals surface area (Å²) in [7, 11) is 1.29. The summed E-state index contributed by atoms with van der Waals surface area (Å²) in [6.07, 6.45) is 5.76. The molecule has 0 bridgehead atoms. The first-order chi connectivity index (χ1) is 26.8. The van der Waals surface area contributed by atoms with E-state index < -0.39 is 17.9 Å². The molecule has 0 saturated heterocycles. The summed E-state index contributed by atoms with van der Waals surface area (Å²) in [4.78, 5) is 50.3. The molecule has 10 heteroatoms. The van der Waals surface area contributed by atoms with Gasteiger partial charge in [0, 0.05) is 49.8 Å². The summed E-state index contributed by atoms with van der Waals surface area (Å²) in [5.41, 5.74) is 3.92. The lowest BCUT2D eigenvalue weighted by atomic mass is 10.1. The van der Waals surface area contributed by atoms with E-state index in [0.717, 1.165) is 69.7 Å². The number of ether oxygens (including phenoxy) is 3. The van der Waals surface area contributed by atoms with Crippen LogP contribution in [0.5, 0.6) is 0 Å². The average Bonchev–Trinajstić information content (AvgIpc) is 3.22. The van der Waals surface area contributed by atoms with Gasteiger partial charge in [0.15, 0.2) is 0 Å². The van der Waals surface area contributed by atoms with Gasteiger partial charge >= 0.3 is 17.9 Å². The molecule has 0 heterocycles. The quantitative estimate of drug-likeness (QED) is 0.0282. The highest BCUT2D eigenvalue weighted by atomic mass is 32.2. The average molecular weight is 772 g/mol. The van der Waals surface area contributed by atoms with Gasteiger partial charge in [0.05, 0.1) is 31.6 Å². The topological polar surface area (TPSA) is 108 Å². The highest BCUT2D eigenvalue weighted by Crippen LogP contribution is 2.22. The second-order valence-corrected chi connectivity index (χ2v) is 14.0. The second-order valence-electron chi connectivity index (χ2n) is 11.7. The third-order valence-electron chi connectivity index (χ3n) is 7.67. The number of esters is 3. The van der Waals surface area contributed by atoms with Crippen LogP contribution in [0.4, 0.5) is 5.69 Å². The van der Waals surface area contributed by atoms with Gasteiger partial charge in [0.2, 0.25) is 0 Å². The number of hydrogen-bond acceptors (Lipinski definition) is 9. The largest absolute Gasteiger partial charge is 0.465 e. The van der Waals surface area contributed by atoms with Crippen LogP contribution in [0.3, 0.4) is 0 Å². The number of rotatable bonds is 17. The molecule has 280 valence electrons. The Hall–Kier alpha value is -5.94. The van der Waals surface area contributed by atoms with E-state index in [1.807, 2.05) is 48.5 Å². The first-order valence-corrected chi connectivity index (χ1v) is 19.5. The Labute approximate surface area is 331 Å². The fraction of sp³-hybridized carbons (Fsp3) is 0.200. The van der Waals surface area contributed by atoms with Gasteiger partial charge in [-0.3, -0.25) is 4.79 Å². The Morgan fingerprint density at radius 2 is 1.05 bits per heavy atom. The summed E-state index contributed by atoms with van der Waals surface area (Å²) in [6, 6.07) is 27.8. The second kappa shape index (κ2) is 23.0. The van der Waals surface area contributed by atoms with Crippen LogP contribution in [0.2, 0.25) is 0 Å². The van der Waals surface area contributed by atoms with Crippen molar-refractivity contribution in [1.82, 2.24) is 0 Å². The SMILES string of the molecule is C=CC(=O)OCCCCSc1ccc(C#Cc2ccc(C(=O)Nc3ccc(C#Cc4ccc(SCCCCOC(=O)C=C)cc4)cc3C(=O)OC)cc2)cc1. The van der Waals surface area contributed by atoms with E-state index in [-0.39, 0.29) is 11.5 Å². The monoisotopic (exact) mass is 771 g/mol. The molecule has 0 atom stereocenters. The first-order valence-electron chi connectivity index (χ1n) is 17.5. The van der Waals surface area contributed by atoms with Crippen molar-refractivity contribution >= 4 is 53.0 Å². The van der Waals surface area contributed by atoms with Gasteiger partial charge in [-0.05, 0) is 128 Å². The molecule has 0 unspecified atom stereocenters. The van der Waals surface area contributed by atoms with Crippen LogP contribution in [0, 0.1) is 23.7 Å². The third kappa shape index (κ3) is 14.8. The predicted molar refractivity (Wildman–Crippen MR) is 219 cm³/mol. The molecular weight excluding hydrogens is 731 g/mol. The van der Waals surface area contributed by atoms with Gasteiger partial charge in [-0.25, -0.2) is 14.4 Å². The van der Waals surface area contributed by atoms with Crippen molar-refractivity contribution in [2.24, 2.45) is 0 Å². The van der Waals surface area contributed by atoms with Gasteiger partial charge in [-0.2, -0.15) is 0 Å². The molecule has 4 aromatic rings. The minimum Gasteiger partial charge on any atom is -0.465 e. The summed E-state index contributed by atoms with van der Waals surface area (Å²) < 4.78 is 15.0. The molecule has 0 spiro atoms. The van der Waals surface area contributed by atoms with Crippen LogP contribution in [0.15, 0.2) is 126 Å². The lowest BCUT2D eigenvalue weighted by molar-refractivity contribution is -0.138. The number of benzene rings is 4. The maximum Gasteiger partial charge on any atom is 0.340 e. The number of hydrogen-bond donors (Lipinski definition) is 1. The summed E-state index contributed by atoms with van der Waals surface area (Å²) in [5, 5.41) is 2.82. The Kier molecular flexibility index (Phi) is 17.5. The lowest BCUT2D eigenvalue weighted by Crippen LogP contribution is -2.15.